The van der Waals surface area contributed by atoms with Crippen molar-refractivity contribution in [1.29, 1.82) is 0 Å². The average molecular weight is 177 g/mol. The zero-order valence-electron chi connectivity index (χ0n) is 8.13. The lowest BCUT2D eigenvalue weighted by molar-refractivity contribution is 0.416. The smallest absolute Gasteiger partial charge is 0.141 e. The van der Waals surface area contributed by atoms with Crippen molar-refractivity contribution >= 4 is 5.69 Å². The molecule has 2 heteroatoms. The summed E-state index contributed by atoms with van der Waals surface area (Å²) in [6.07, 6.45) is 0. The van der Waals surface area contributed by atoms with Crippen molar-refractivity contribution in [3.8, 4) is 5.75 Å². The summed E-state index contributed by atoms with van der Waals surface area (Å²) in [7, 11) is 1.67. The third-order valence-corrected chi connectivity index (χ3v) is 1.69. The van der Waals surface area contributed by atoms with Crippen LogP contribution in [0.15, 0.2) is 36.4 Å². The summed E-state index contributed by atoms with van der Waals surface area (Å²) in [5.41, 5.74) is 2.11. The number of hydrogen-bond donors (Lipinski definition) is 1. The minimum absolute atomic E-state index is 0.778. The molecule has 13 heavy (non-hydrogen) atoms. The van der Waals surface area contributed by atoms with Crippen LogP contribution in [0.5, 0.6) is 5.75 Å². The third-order valence-electron chi connectivity index (χ3n) is 1.69. The van der Waals surface area contributed by atoms with Crippen LogP contribution < -0.4 is 10.1 Å². The molecule has 0 aliphatic carbocycles. The molecule has 0 amide bonds. The molecule has 1 rings (SSSR count). The van der Waals surface area contributed by atoms with Gasteiger partial charge in [-0.25, -0.2) is 0 Å². The molecule has 0 radical (unpaired) electrons. The maximum atomic E-state index is 5.19. The van der Waals surface area contributed by atoms with E-state index < -0.39 is 0 Å². The molecular formula is C11H15NO. The van der Waals surface area contributed by atoms with Crippen molar-refractivity contribution in [3.63, 3.8) is 0 Å². The van der Waals surface area contributed by atoms with Crippen molar-refractivity contribution in [3.05, 3.63) is 36.4 Å². The van der Waals surface area contributed by atoms with Gasteiger partial charge in [0, 0.05) is 6.54 Å². The molecule has 1 aromatic carbocycles. The maximum absolute atomic E-state index is 5.19. The van der Waals surface area contributed by atoms with Gasteiger partial charge in [-0.15, -0.1) is 0 Å². The first-order valence-corrected chi connectivity index (χ1v) is 4.25. The standard InChI is InChI=1S/C11H15NO/c1-9(2)8-12-10-6-4-5-7-11(10)13-3/h4-7,12H,1,8H2,2-3H3. The predicted molar refractivity (Wildman–Crippen MR) is 56.3 cm³/mol. The van der Waals surface area contributed by atoms with Crippen LogP contribution in [0.3, 0.4) is 0 Å². The summed E-state index contributed by atoms with van der Waals surface area (Å²) < 4.78 is 5.19. The van der Waals surface area contributed by atoms with Gasteiger partial charge in [0.1, 0.15) is 5.75 Å². The highest BCUT2D eigenvalue weighted by molar-refractivity contribution is 5.56. The van der Waals surface area contributed by atoms with Gasteiger partial charge >= 0.3 is 0 Å². The molecule has 0 unspecified atom stereocenters. The van der Waals surface area contributed by atoms with E-state index in [0.717, 1.165) is 23.6 Å². The second-order valence-electron chi connectivity index (χ2n) is 3.01. The largest absolute Gasteiger partial charge is 0.495 e. The molecule has 0 aliphatic rings. The lowest BCUT2D eigenvalue weighted by Gasteiger charge is -2.10. The van der Waals surface area contributed by atoms with E-state index in [9.17, 15) is 0 Å². The van der Waals surface area contributed by atoms with Crippen molar-refractivity contribution in [1.82, 2.24) is 0 Å². The van der Waals surface area contributed by atoms with Crippen molar-refractivity contribution in [2.24, 2.45) is 0 Å². The number of nitrogens with one attached hydrogen (secondary N) is 1. The number of methoxy groups -OCH3 is 1. The molecule has 0 saturated heterocycles. The van der Waals surface area contributed by atoms with Gasteiger partial charge in [0.25, 0.3) is 0 Å². The highest BCUT2D eigenvalue weighted by Gasteiger charge is 1.98. The zero-order chi connectivity index (χ0) is 9.68. The summed E-state index contributed by atoms with van der Waals surface area (Å²) in [6, 6.07) is 7.84. The van der Waals surface area contributed by atoms with E-state index in [1.807, 2.05) is 31.2 Å². The minimum Gasteiger partial charge on any atom is -0.495 e. The molecule has 0 aliphatic heterocycles. The molecule has 0 bridgehead atoms. The molecule has 0 spiro atoms. The van der Waals surface area contributed by atoms with Gasteiger partial charge < -0.3 is 10.1 Å². The fourth-order valence-electron chi connectivity index (χ4n) is 1.04. The van der Waals surface area contributed by atoms with Crippen molar-refractivity contribution in [2.45, 2.75) is 6.92 Å². The second-order valence-corrected chi connectivity index (χ2v) is 3.01. The van der Waals surface area contributed by atoms with E-state index >= 15 is 0 Å². The Bertz CT molecular complexity index is 294. The summed E-state index contributed by atoms with van der Waals surface area (Å²) in [6.45, 7) is 6.59. The van der Waals surface area contributed by atoms with E-state index in [-0.39, 0.29) is 0 Å². The minimum atomic E-state index is 0.778. The van der Waals surface area contributed by atoms with Gasteiger partial charge in [-0.05, 0) is 19.1 Å². The topological polar surface area (TPSA) is 21.3 Å². The Morgan fingerprint density at radius 3 is 2.77 bits per heavy atom. The van der Waals surface area contributed by atoms with E-state index in [0.29, 0.717) is 0 Å². The van der Waals surface area contributed by atoms with E-state index in [1.54, 1.807) is 7.11 Å². The Balaban J connectivity index is 2.69. The lowest BCUT2D eigenvalue weighted by atomic mass is 10.2. The van der Waals surface area contributed by atoms with Gasteiger partial charge in [0.2, 0.25) is 0 Å². The van der Waals surface area contributed by atoms with Gasteiger partial charge in [-0.3, -0.25) is 0 Å². The second kappa shape index (κ2) is 4.55. The summed E-state index contributed by atoms with van der Waals surface area (Å²) in [5, 5.41) is 3.24. The number of ether oxygens (including phenoxy) is 1. The quantitative estimate of drug-likeness (QED) is 0.714. The van der Waals surface area contributed by atoms with Gasteiger partial charge in [0.05, 0.1) is 12.8 Å². The first kappa shape index (κ1) is 9.65. The molecule has 1 N–H and O–H groups in total. The highest BCUT2D eigenvalue weighted by atomic mass is 16.5. The maximum Gasteiger partial charge on any atom is 0.141 e. The van der Waals surface area contributed by atoms with E-state index in [1.165, 1.54) is 0 Å². The molecule has 0 atom stereocenters. The van der Waals surface area contributed by atoms with Crippen molar-refractivity contribution in [2.75, 3.05) is 19.0 Å². The molecule has 0 fully saturated rings. The first-order valence-electron chi connectivity index (χ1n) is 4.25. The Hall–Kier alpha value is -1.44. The van der Waals surface area contributed by atoms with Crippen LogP contribution >= 0.6 is 0 Å². The summed E-state index contributed by atoms with van der Waals surface area (Å²) >= 11 is 0. The van der Waals surface area contributed by atoms with Crippen LogP contribution in [0.4, 0.5) is 5.69 Å². The molecule has 0 aromatic heterocycles. The first-order chi connectivity index (χ1) is 6.24. The number of para-hydroxylation sites is 2. The number of hydrogen-bond acceptors (Lipinski definition) is 2. The molecular weight excluding hydrogens is 162 g/mol. The van der Waals surface area contributed by atoms with Crippen LogP contribution in [0, 0.1) is 0 Å². The van der Waals surface area contributed by atoms with Crippen molar-refractivity contribution < 1.29 is 4.74 Å². The predicted octanol–water partition coefficient (Wildman–Crippen LogP) is 2.68. The van der Waals surface area contributed by atoms with Gasteiger partial charge in [-0.2, -0.15) is 0 Å². The molecule has 2 nitrogen and oxygen atoms in total. The van der Waals surface area contributed by atoms with Crippen LogP contribution in [0.1, 0.15) is 6.92 Å². The Morgan fingerprint density at radius 1 is 1.46 bits per heavy atom. The Kier molecular flexibility index (Phi) is 3.38. The number of rotatable bonds is 4. The van der Waals surface area contributed by atoms with Crippen LogP contribution in [-0.4, -0.2) is 13.7 Å². The van der Waals surface area contributed by atoms with Gasteiger partial charge in [0.15, 0.2) is 0 Å². The Morgan fingerprint density at radius 2 is 2.15 bits per heavy atom. The lowest BCUT2D eigenvalue weighted by Crippen LogP contribution is -2.03. The fraction of sp³-hybridized carbons (Fsp3) is 0.273. The molecule has 0 saturated carbocycles. The van der Waals surface area contributed by atoms with E-state index in [2.05, 4.69) is 11.9 Å². The highest BCUT2D eigenvalue weighted by Crippen LogP contribution is 2.22. The monoisotopic (exact) mass is 177 g/mol. The normalized spacial score (nSPS) is 9.38. The Labute approximate surface area is 79.2 Å². The summed E-state index contributed by atoms with van der Waals surface area (Å²) in [5.74, 6) is 0.865. The average Bonchev–Trinajstić information content (AvgIpc) is 2.15. The zero-order valence-corrected chi connectivity index (χ0v) is 8.13. The van der Waals surface area contributed by atoms with Crippen LogP contribution in [0.25, 0.3) is 0 Å². The van der Waals surface area contributed by atoms with Crippen LogP contribution in [-0.2, 0) is 0 Å². The third kappa shape index (κ3) is 2.82. The fourth-order valence-corrected chi connectivity index (χ4v) is 1.04. The molecule has 1 aromatic rings. The van der Waals surface area contributed by atoms with Gasteiger partial charge in [-0.1, -0.05) is 24.3 Å². The number of benzene rings is 1. The molecule has 70 valence electrons. The summed E-state index contributed by atoms with van der Waals surface area (Å²) in [4.78, 5) is 0. The number of anilines is 1. The van der Waals surface area contributed by atoms with E-state index in [4.69, 9.17) is 4.74 Å². The van der Waals surface area contributed by atoms with Crippen LogP contribution in [0.2, 0.25) is 0 Å². The molecule has 0 heterocycles. The SMILES string of the molecule is C=C(C)CNc1ccccc1OC.